The Morgan fingerprint density at radius 1 is 1.67 bits per heavy atom. The predicted molar refractivity (Wildman–Crippen MR) is 78.5 cm³/mol. The fourth-order valence-electron chi connectivity index (χ4n) is 2.46. The van der Waals surface area contributed by atoms with Crippen LogP contribution in [-0.4, -0.2) is 34.0 Å². The molecule has 1 aliphatic carbocycles. The van der Waals surface area contributed by atoms with Crippen molar-refractivity contribution in [2.45, 2.75) is 54.7 Å². The van der Waals surface area contributed by atoms with E-state index in [1.807, 2.05) is 18.7 Å². The topological polar surface area (TPSA) is 45.1 Å². The Balaban J connectivity index is 1.90. The normalized spacial score (nSPS) is 27.8. The van der Waals surface area contributed by atoms with Gasteiger partial charge in [0.25, 0.3) is 0 Å². The lowest BCUT2D eigenvalue weighted by Gasteiger charge is -2.28. The molecule has 1 fully saturated rings. The average molecular weight is 286 g/mol. The molecule has 1 aromatic rings. The van der Waals surface area contributed by atoms with E-state index in [1.54, 1.807) is 11.3 Å². The number of thiazole rings is 1. The molecular weight excluding hydrogens is 264 g/mol. The van der Waals surface area contributed by atoms with Gasteiger partial charge in [0, 0.05) is 21.9 Å². The summed E-state index contributed by atoms with van der Waals surface area (Å²) in [5, 5.41) is 15.9. The van der Waals surface area contributed by atoms with Gasteiger partial charge < -0.3 is 10.4 Å². The summed E-state index contributed by atoms with van der Waals surface area (Å²) >= 11 is 3.61. The Kier molecular flexibility index (Phi) is 5.06. The summed E-state index contributed by atoms with van der Waals surface area (Å²) in [4.78, 5) is 4.51. The summed E-state index contributed by atoms with van der Waals surface area (Å²) < 4.78 is 1.17. The smallest absolute Gasteiger partial charge is 0.150 e. The van der Waals surface area contributed by atoms with Gasteiger partial charge in [-0.25, -0.2) is 4.98 Å². The number of aliphatic hydroxyl groups is 1. The van der Waals surface area contributed by atoms with Crippen LogP contribution in [0.25, 0.3) is 0 Å². The second kappa shape index (κ2) is 6.37. The molecule has 18 heavy (non-hydrogen) atoms. The van der Waals surface area contributed by atoms with Gasteiger partial charge in [-0.3, -0.25) is 0 Å². The molecule has 2 rings (SSSR count). The molecule has 0 bridgehead atoms. The number of aliphatic hydroxyl groups excluding tert-OH is 1. The third-order valence-corrected chi connectivity index (χ3v) is 5.84. The standard InChI is InChI=1S/C13H22N2OS2/c1-3-6-14-13(9-16)5-4-11(7-13)18-12-15-10(2)8-17-12/h8,11,14,16H,3-7,9H2,1-2H3. The minimum absolute atomic E-state index is 0.0417. The van der Waals surface area contributed by atoms with Crippen LogP contribution in [0.2, 0.25) is 0 Å². The molecule has 0 saturated heterocycles. The molecule has 5 heteroatoms. The molecule has 3 nitrogen and oxygen atoms in total. The fraction of sp³-hybridized carbons (Fsp3) is 0.769. The summed E-state index contributed by atoms with van der Waals surface area (Å²) in [6, 6.07) is 0. The number of thioether (sulfide) groups is 1. The number of aromatic nitrogens is 1. The predicted octanol–water partition coefficient (Wildman–Crippen LogP) is 2.83. The second-order valence-corrected chi connectivity index (χ2v) is 7.51. The molecule has 1 heterocycles. The molecule has 1 saturated carbocycles. The zero-order chi connectivity index (χ0) is 13.0. The number of aryl methyl sites for hydroxylation is 1. The van der Waals surface area contributed by atoms with Gasteiger partial charge in [-0.1, -0.05) is 18.7 Å². The molecule has 1 aliphatic rings. The van der Waals surface area contributed by atoms with Crippen LogP contribution >= 0.6 is 23.1 Å². The van der Waals surface area contributed by atoms with Gasteiger partial charge in [-0.05, 0) is 39.2 Å². The van der Waals surface area contributed by atoms with Crippen molar-refractivity contribution < 1.29 is 5.11 Å². The lowest BCUT2D eigenvalue weighted by Crippen LogP contribution is -2.46. The number of nitrogens with zero attached hydrogens (tertiary/aromatic N) is 1. The zero-order valence-corrected chi connectivity index (χ0v) is 12.7. The molecule has 0 aromatic carbocycles. The summed E-state index contributed by atoms with van der Waals surface area (Å²) in [7, 11) is 0. The number of hydrogen-bond acceptors (Lipinski definition) is 5. The lowest BCUT2D eigenvalue weighted by molar-refractivity contribution is 0.165. The van der Waals surface area contributed by atoms with E-state index in [2.05, 4.69) is 22.6 Å². The zero-order valence-electron chi connectivity index (χ0n) is 11.1. The summed E-state index contributed by atoms with van der Waals surface area (Å²) in [5.41, 5.74) is 1.07. The summed E-state index contributed by atoms with van der Waals surface area (Å²) in [6.45, 7) is 5.45. The first-order valence-corrected chi connectivity index (χ1v) is 8.38. The van der Waals surface area contributed by atoms with Gasteiger partial charge in [0.05, 0.1) is 6.61 Å². The maximum absolute atomic E-state index is 9.65. The van der Waals surface area contributed by atoms with Gasteiger partial charge in [0.1, 0.15) is 4.34 Å². The first kappa shape index (κ1) is 14.3. The summed E-state index contributed by atoms with van der Waals surface area (Å²) in [5.74, 6) is 0. The van der Waals surface area contributed by atoms with Crippen molar-refractivity contribution in [1.29, 1.82) is 0 Å². The van der Waals surface area contributed by atoms with Gasteiger partial charge in [-0.2, -0.15) is 0 Å². The van der Waals surface area contributed by atoms with Gasteiger partial charge in [0.15, 0.2) is 0 Å². The first-order chi connectivity index (χ1) is 8.67. The van der Waals surface area contributed by atoms with E-state index in [-0.39, 0.29) is 12.1 Å². The molecule has 0 amide bonds. The molecular formula is C13H22N2OS2. The van der Waals surface area contributed by atoms with E-state index in [0.717, 1.165) is 31.5 Å². The van der Waals surface area contributed by atoms with Crippen LogP contribution in [0.15, 0.2) is 9.72 Å². The van der Waals surface area contributed by atoms with Crippen LogP contribution < -0.4 is 5.32 Å². The minimum atomic E-state index is -0.0417. The first-order valence-electron chi connectivity index (χ1n) is 6.62. The monoisotopic (exact) mass is 286 g/mol. The van der Waals surface area contributed by atoms with E-state index in [9.17, 15) is 5.11 Å². The number of nitrogens with one attached hydrogen (secondary N) is 1. The highest BCUT2D eigenvalue weighted by molar-refractivity contribution is 8.01. The van der Waals surface area contributed by atoms with Crippen molar-refractivity contribution in [3.05, 3.63) is 11.1 Å². The Morgan fingerprint density at radius 3 is 3.11 bits per heavy atom. The van der Waals surface area contributed by atoms with Crippen molar-refractivity contribution in [3.8, 4) is 0 Å². The van der Waals surface area contributed by atoms with E-state index >= 15 is 0 Å². The Morgan fingerprint density at radius 2 is 2.50 bits per heavy atom. The molecule has 2 unspecified atom stereocenters. The number of rotatable bonds is 6. The van der Waals surface area contributed by atoms with E-state index in [4.69, 9.17) is 0 Å². The van der Waals surface area contributed by atoms with Crippen LogP contribution in [-0.2, 0) is 0 Å². The largest absolute Gasteiger partial charge is 0.394 e. The van der Waals surface area contributed by atoms with Gasteiger partial charge >= 0.3 is 0 Å². The van der Waals surface area contributed by atoms with Crippen molar-refractivity contribution in [3.63, 3.8) is 0 Å². The average Bonchev–Trinajstić information content (AvgIpc) is 2.95. The molecule has 0 spiro atoms. The number of hydrogen-bond donors (Lipinski definition) is 2. The van der Waals surface area contributed by atoms with Crippen molar-refractivity contribution in [1.82, 2.24) is 10.3 Å². The second-order valence-electron chi connectivity index (χ2n) is 5.10. The van der Waals surface area contributed by atoms with E-state index in [1.165, 1.54) is 10.8 Å². The van der Waals surface area contributed by atoms with Crippen LogP contribution in [0.5, 0.6) is 0 Å². The quantitative estimate of drug-likeness (QED) is 0.844. The Hall–Kier alpha value is -0.100. The third kappa shape index (κ3) is 3.47. The third-order valence-electron chi connectivity index (χ3n) is 3.48. The highest BCUT2D eigenvalue weighted by Crippen LogP contribution is 2.40. The van der Waals surface area contributed by atoms with Crippen molar-refractivity contribution in [2.24, 2.45) is 0 Å². The van der Waals surface area contributed by atoms with Gasteiger partial charge in [-0.15, -0.1) is 11.3 Å². The minimum Gasteiger partial charge on any atom is -0.394 e. The van der Waals surface area contributed by atoms with Crippen molar-refractivity contribution >= 4 is 23.1 Å². The Labute approximate surface area is 117 Å². The van der Waals surface area contributed by atoms with Crippen LogP contribution in [0.1, 0.15) is 38.3 Å². The van der Waals surface area contributed by atoms with E-state index in [0.29, 0.717) is 5.25 Å². The fourth-order valence-corrected chi connectivity index (χ4v) is 4.87. The van der Waals surface area contributed by atoms with Crippen LogP contribution in [0.3, 0.4) is 0 Å². The highest BCUT2D eigenvalue weighted by Gasteiger charge is 2.38. The maximum atomic E-state index is 9.65. The van der Waals surface area contributed by atoms with Crippen LogP contribution in [0, 0.1) is 6.92 Å². The SMILES string of the molecule is CCCNC1(CO)CCC(Sc2nc(C)cs2)C1. The molecule has 1 aromatic heterocycles. The molecule has 2 N–H and O–H groups in total. The molecule has 2 atom stereocenters. The molecule has 0 radical (unpaired) electrons. The van der Waals surface area contributed by atoms with E-state index < -0.39 is 0 Å². The summed E-state index contributed by atoms with van der Waals surface area (Å²) in [6.07, 6.45) is 4.41. The van der Waals surface area contributed by atoms with Crippen molar-refractivity contribution in [2.75, 3.05) is 13.2 Å². The molecule has 0 aliphatic heterocycles. The highest BCUT2D eigenvalue weighted by atomic mass is 32.2. The molecule has 102 valence electrons. The lowest BCUT2D eigenvalue weighted by atomic mass is 9.99. The Bertz CT molecular complexity index is 383. The maximum Gasteiger partial charge on any atom is 0.150 e. The van der Waals surface area contributed by atoms with Crippen LogP contribution in [0.4, 0.5) is 0 Å². The van der Waals surface area contributed by atoms with Gasteiger partial charge in [0.2, 0.25) is 0 Å².